The lowest BCUT2D eigenvalue weighted by atomic mass is 9.89. The zero-order chi connectivity index (χ0) is 12.4. The van der Waals surface area contributed by atoms with Crippen molar-refractivity contribution in [1.82, 2.24) is 10.2 Å². The van der Waals surface area contributed by atoms with Gasteiger partial charge in [0.25, 0.3) is 0 Å². The molecule has 2 aliphatic heterocycles. The molecule has 1 unspecified atom stereocenters. The number of likely N-dealkylation sites (tertiary alicyclic amines) is 1. The third-order valence-electron chi connectivity index (χ3n) is 4.90. The van der Waals surface area contributed by atoms with E-state index in [4.69, 9.17) is 4.99 Å². The summed E-state index contributed by atoms with van der Waals surface area (Å²) in [7, 11) is 2.24. The molecular formula is C14H25N3S. The number of hydrogen-bond donors (Lipinski definition) is 1. The van der Waals surface area contributed by atoms with E-state index in [1.807, 2.05) is 11.8 Å². The lowest BCUT2D eigenvalue weighted by molar-refractivity contribution is 0.310. The molecule has 1 aliphatic carbocycles. The minimum absolute atomic E-state index is 0.569. The molecule has 18 heavy (non-hydrogen) atoms. The molecule has 2 fully saturated rings. The Morgan fingerprint density at radius 3 is 2.83 bits per heavy atom. The molecule has 3 aliphatic rings. The van der Waals surface area contributed by atoms with Crippen molar-refractivity contribution in [2.45, 2.75) is 44.6 Å². The smallest absolute Gasteiger partial charge is 0.156 e. The molecule has 1 saturated carbocycles. The molecule has 102 valence electrons. The second-order valence-electron chi connectivity index (χ2n) is 6.27. The summed E-state index contributed by atoms with van der Waals surface area (Å²) in [5.74, 6) is 1.29. The Bertz CT molecular complexity index is 323. The summed E-state index contributed by atoms with van der Waals surface area (Å²) >= 11 is 1.96. The molecule has 0 bridgehead atoms. The Labute approximate surface area is 115 Å². The fraction of sp³-hybridized carbons (Fsp3) is 0.929. The highest BCUT2D eigenvalue weighted by Gasteiger charge is 2.36. The van der Waals surface area contributed by atoms with Gasteiger partial charge in [-0.05, 0) is 44.7 Å². The van der Waals surface area contributed by atoms with Gasteiger partial charge in [0, 0.05) is 24.9 Å². The Kier molecular flexibility index (Phi) is 3.85. The molecular weight excluding hydrogens is 242 g/mol. The highest BCUT2D eigenvalue weighted by atomic mass is 32.2. The summed E-state index contributed by atoms with van der Waals surface area (Å²) in [5, 5.41) is 4.77. The number of nitrogens with one attached hydrogen (secondary N) is 1. The van der Waals surface area contributed by atoms with E-state index in [0.29, 0.717) is 5.41 Å². The highest BCUT2D eigenvalue weighted by molar-refractivity contribution is 8.13. The largest absolute Gasteiger partial charge is 0.363 e. The minimum atomic E-state index is 0.569. The van der Waals surface area contributed by atoms with E-state index < -0.39 is 0 Å². The van der Waals surface area contributed by atoms with Crippen molar-refractivity contribution >= 4 is 16.9 Å². The van der Waals surface area contributed by atoms with E-state index in [2.05, 4.69) is 17.3 Å². The first-order valence-electron chi connectivity index (χ1n) is 7.39. The first-order valence-corrected chi connectivity index (χ1v) is 8.37. The molecule has 1 atom stereocenters. The SMILES string of the molecule is CN1CCCC1CNC1=NCC2(CCCC2)CS1. The van der Waals surface area contributed by atoms with Crippen molar-refractivity contribution in [3.63, 3.8) is 0 Å². The van der Waals surface area contributed by atoms with Gasteiger partial charge in [0.1, 0.15) is 0 Å². The number of hydrogen-bond acceptors (Lipinski definition) is 4. The topological polar surface area (TPSA) is 27.6 Å². The van der Waals surface area contributed by atoms with E-state index in [9.17, 15) is 0 Å². The standard InChI is InChI=1S/C14H25N3S/c1-17-8-4-5-12(17)9-15-13-16-10-14(11-18-13)6-2-3-7-14/h12H,2-11H2,1H3,(H,15,16). The van der Waals surface area contributed by atoms with Crippen molar-refractivity contribution in [2.24, 2.45) is 10.4 Å². The van der Waals surface area contributed by atoms with Crippen LogP contribution in [0.2, 0.25) is 0 Å². The van der Waals surface area contributed by atoms with Crippen LogP contribution in [-0.2, 0) is 0 Å². The highest BCUT2D eigenvalue weighted by Crippen LogP contribution is 2.43. The van der Waals surface area contributed by atoms with Crippen LogP contribution in [0.5, 0.6) is 0 Å². The van der Waals surface area contributed by atoms with E-state index in [1.54, 1.807) is 0 Å². The maximum atomic E-state index is 4.80. The third kappa shape index (κ3) is 2.69. The normalized spacial score (nSPS) is 31.8. The summed E-state index contributed by atoms with van der Waals surface area (Å²) in [6, 6.07) is 0.718. The van der Waals surface area contributed by atoms with Crippen molar-refractivity contribution in [3.8, 4) is 0 Å². The summed E-state index contributed by atoms with van der Waals surface area (Å²) in [6.45, 7) is 3.41. The van der Waals surface area contributed by atoms with Gasteiger partial charge in [0.2, 0.25) is 0 Å². The number of likely N-dealkylation sites (N-methyl/N-ethyl adjacent to an activating group) is 1. The predicted octanol–water partition coefficient (Wildman–Crippen LogP) is 2.33. The number of thioether (sulfide) groups is 1. The third-order valence-corrected chi connectivity index (χ3v) is 6.20. The summed E-state index contributed by atoms with van der Waals surface area (Å²) in [6.07, 6.45) is 8.35. The van der Waals surface area contributed by atoms with E-state index in [-0.39, 0.29) is 0 Å². The maximum absolute atomic E-state index is 4.80. The molecule has 1 N–H and O–H groups in total. The number of aliphatic imine (C=N–C) groups is 1. The van der Waals surface area contributed by atoms with Crippen LogP contribution in [0.1, 0.15) is 38.5 Å². The first kappa shape index (κ1) is 12.8. The molecule has 0 aromatic heterocycles. The molecule has 3 nitrogen and oxygen atoms in total. The lowest BCUT2D eigenvalue weighted by Crippen LogP contribution is -2.40. The van der Waals surface area contributed by atoms with Crippen LogP contribution in [0, 0.1) is 5.41 Å². The van der Waals surface area contributed by atoms with Gasteiger partial charge < -0.3 is 10.2 Å². The Morgan fingerprint density at radius 2 is 2.22 bits per heavy atom. The average Bonchev–Trinajstić information content (AvgIpc) is 2.99. The predicted molar refractivity (Wildman–Crippen MR) is 79.3 cm³/mol. The Hall–Kier alpha value is -0.220. The van der Waals surface area contributed by atoms with Crippen molar-refractivity contribution in [3.05, 3.63) is 0 Å². The maximum Gasteiger partial charge on any atom is 0.156 e. The minimum Gasteiger partial charge on any atom is -0.363 e. The molecule has 0 aromatic rings. The molecule has 1 saturated heterocycles. The Morgan fingerprint density at radius 1 is 1.39 bits per heavy atom. The van der Waals surface area contributed by atoms with Crippen LogP contribution in [0.3, 0.4) is 0 Å². The molecule has 0 aromatic carbocycles. The molecule has 2 heterocycles. The number of amidine groups is 1. The van der Waals surface area contributed by atoms with Crippen LogP contribution in [0.4, 0.5) is 0 Å². The van der Waals surface area contributed by atoms with Crippen molar-refractivity contribution in [1.29, 1.82) is 0 Å². The van der Waals surface area contributed by atoms with Gasteiger partial charge in [-0.25, -0.2) is 0 Å². The quantitative estimate of drug-likeness (QED) is 0.832. The molecule has 3 rings (SSSR count). The average molecular weight is 267 g/mol. The van der Waals surface area contributed by atoms with Crippen molar-refractivity contribution < 1.29 is 0 Å². The molecule has 1 spiro atoms. The van der Waals surface area contributed by atoms with E-state index in [1.165, 1.54) is 56.0 Å². The second-order valence-corrected chi connectivity index (χ2v) is 7.24. The van der Waals surface area contributed by atoms with Crippen LogP contribution in [0.25, 0.3) is 0 Å². The van der Waals surface area contributed by atoms with E-state index >= 15 is 0 Å². The molecule has 0 radical (unpaired) electrons. The summed E-state index contributed by atoms with van der Waals surface area (Å²) < 4.78 is 0. The Balaban J connectivity index is 1.48. The zero-order valence-corrected chi connectivity index (χ0v) is 12.3. The first-order chi connectivity index (χ1) is 8.77. The summed E-state index contributed by atoms with van der Waals surface area (Å²) in [4.78, 5) is 7.27. The van der Waals surface area contributed by atoms with Gasteiger partial charge in [0.15, 0.2) is 5.17 Å². The lowest BCUT2D eigenvalue weighted by Gasteiger charge is -2.31. The number of rotatable bonds is 2. The monoisotopic (exact) mass is 267 g/mol. The van der Waals surface area contributed by atoms with Crippen LogP contribution in [-0.4, -0.2) is 48.5 Å². The van der Waals surface area contributed by atoms with Gasteiger partial charge >= 0.3 is 0 Å². The van der Waals surface area contributed by atoms with Gasteiger partial charge in [0.05, 0.1) is 0 Å². The zero-order valence-electron chi connectivity index (χ0n) is 11.5. The molecule has 4 heteroatoms. The molecule has 0 amide bonds. The number of nitrogens with zero attached hydrogens (tertiary/aromatic N) is 2. The van der Waals surface area contributed by atoms with Gasteiger partial charge in [-0.2, -0.15) is 0 Å². The van der Waals surface area contributed by atoms with Crippen LogP contribution in [0.15, 0.2) is 4.99 Å². The van der Waals surface area contributed by atoms with E-state index in [0.717, 1.165) is 19.1 Å². The van der Waals surface area contributed by atoms with Gasteiger partial charge in [-0.15, -0.1) is 0 Å². The van der Waals surface area contributed by atoms with Crippen molar-refractivity contribution in [2.75, 3.05) is 32.4 Å². The van der Waals surface area contributed by atoms with Gasteiger partial charge in [-0.3, -0.25) is 4.99 Å². The fourth-order valence-corrected chi connectivity index (χ4v) is 4.69. The fourth-order valence-electron chi connectivity index (χ4n) is 3.53. The summed E-state index contributed by atoms with van der Waals surface area (Å²) in [5.41, 5.74) is 0.569. The van der Waals surface area contributed by atoms with Crippen LogP contribution >= 0.6 is 11.8 Å². The van der Waals surface area contributed by atoms with Crippen LogP contribution < -0.4 is 5.32 Å². The second kappa shape index (κ2) is 5.41. The van der Waals surface area contributed by atoms with Gasteiger partial charge in [-0.1, -0.05) is 24.6 Å².